The predicted molar refractivity (Wildman–Crippen MR) is 91.2 cm³/mol. The number of nitrogens with one attached hydrogen (secondary N) is 1. The predicted octanol–water partition coefficient (Wildman–Crippen LogP) is 4.00. The van der Waals surface area contributed by atoms with Crippen molar-refractivity contribution in [2.75, 3.05) is 13.6 Å². The van der Waals surface area contributed by atoms with Crippen LogP contribution in [0.4, 0.5) is 0 Å². The van der Waals surface area contributed by atoms with Crippen molar-refractivity contribution in [3.05, 3.63) is 63.6 Å². The lowest BCUT2D eigenvalue weighted by molar-refractivity contribution is -0.0498. The summed E-state index contributed by atoms with van der Waals surface area (Å²) in [7, 11) is 1.94. The molecule has 0 bridgehead atoms. The number of aryl methyl sites for hydroxylation is 1. The third-order valence-corrected chi connectivity index (χ3v) is 4.44. The first-order chi connectivity index (χ1) is 10.7. The standard InChI is InChI=1S/C18H20BrNO2/c1-12-9-14(19)7-8-16(12)22-18-15-6-4-3-5-13(15)11-21-17(18)10-20-2/h3-9,17-18,20H,10-11H2,1-2H3. The van der Waals surface area contributed by atoms with Gasteiger partial charge in [-0.15, -0.1) is 0 Å². The minimum atomic E-state index is -0.0997. The van der Waals surface area contributed by atoms with E-state index >= 15 is 0 Å². The summed E-state index contributed by atoms with van der Waals surface area (Å²) in [6.45, 7) is 3.46. The van der Waals surface area contributed by atoms with Gasteiger partial charge in [0.1, 0.15) is 11.9 Å². The zero-order valence-electron chi connectivity index (χ0n) is 12.8. The van der Waals surface area contributed by atoms with Gasteiger partial charge in [0.05, 0.1) is 6.61 Å². The van der Waals surface area contributed by atoms with E-state index in [1.165, 1.54) is 11.1 Å². The first kappa shape index (κ1) is 15.5. The van der Waals surface area contributed by atoms with E-state index in [1.54, 1.807) is 0 Å². The van der Waals surface area contributed by atoms with E-state index in [4.69, 9.17) is 9.47 Å². The van der Waals surface area contributed by atoms with Crippen LogP contribution in [0, 0.1) is 6.92 Å². The Bertz CT molecular complexity index is 659. The average Bonchev–Trinajstić information content (AvgIpc) is 2.52. The fraction of sp³-hybridized carbons (Fsp3) is 0.333. The van der Waals surface area contributed by atoms with Gasteiger partial charge in [0.25, 0.3) is 0 Å². The Morgan fingerprint density at radius 2 is 2.09 bits per heavy atom. The molecule has 1 N–H and O–H groups in total. The van der Waals surface area contributed by atoms with Gasteiger partial charge in [-0.3, -0.25) is 0 Å². The second kappa shape index (κ2) is 6.82. The molecular weight excluding hydrogens is 342 g/mol. The van der Waals surface area contributed by atoms with Crippen LogP contribution in [0.3, 0.4) is 0 Å². The SMILES string of the molecule is CNCC1OCc2ccccc2C1Oc1ccc(Br)cc1C. The maximum absolute atomic E-state index is 6.35. The Hall–Kier alpha value is -1.36. The van der Waals surface area contributed by atoms with E-state index < -0.39 is 0 Å². The fourth-order valence-corrected chi connectivity index (χ4v) is 3.29. The molecule has 2 aromatic carbocycles. The highest BCUT2D eigenvalue weighted by Crippen LogP contribution is 2.35. The minimum absolute atomic E-state index is 0.00273. The molecule has 22 heavy (non-hydrogen) atoms. The summed E-state index contributed by atoms with van der Waals surface area (Å²) < 4.78 is 13.4. The Kier molecular flexibility index (Phi) is 4.81. The Morgan fingerprint density at radius 3 is 2.86 bits per heavy atom. The fourth-order valence-electron chi connectivity index (χ4n) is 2.82. The van der Waals surface area contributed by atoms with Crippen molar-refractivity contribution >= 4 is 15.9 Å². The molecule has 1 heterocycles. The highest BCUT2D eigenvalue weighted by Gasteiger charge is 2.31. The molecule has 0 amide bonds. The van der Waals surface area contributed by atoms with Crippen molar-refractivity contribution < 1.29 is 9.47 Å². The van der Waals surface area contributed by atoms with E-state index in [0.29, 0.717) is 6.61 Å². The van der Waals surface area contributed by atoms with Crippen molar-refractivity contribution in [2.24, 2.45) is 0 Å². The zero-order valence-corrected chi connectivity index (χ0v) is 14.4. The first-order valence-corrected chi connectivity index (χ1v) is 8.25. The Morgan fingerprint density at radius 1 is 1.27 bits per heavy atom. The van der Waals surface area contributed by atoms with Gasteiger partial charge in [-0.1, -0.05) is 40.2 Å². The maximum Gasteiger partial charge on any atom is 0.151 e. The van der Waals surface area contributed by atoms with Crippen molar-refractivity contribution in [3.8, 4) is 5.75 Å². The van der Waals surface area contributed by atoms with Gasteiger partial charge in [-0.05, 0) is 43.3 Å². The van der Waals surface area contributed by atoms with Gasteiger partial charge < -0.3 is 14.8 Å². The van der Waals surface area contributed by atoms with E-state index in [0.717, 1.165) is 22.3 Å². The number of hydrogen-bond acceptors (Lipinski definition) is 3. The van der Waals surface area contributed by atoms with Crippen LogP contribution in [0.2, 0.25) is 0 Å². The molecule has 4 heteroatoms. The highest BCUT2D eigenvalue weighted by atomic mass is 79.9. The van der Waals surface area contributed by atoms with Crippen molar-refractivity contribution in [3.63, 3.8) is 0 Å². The molecule has 1 aliphatic rings. The summed E-state index contributed by atoms with van der Waals surface area (Å²) in [6.07, 6.45) is -0.0970. The molecule has 0 aromatic heterocycles. The first-order valence-electron chi connectivity index (χ1n) is 7.46. The summed E-state index contributed by atoms with van der Waals surface area (Å²) in [5.74, 6) is 0.898. The monoisotopic (exact) mass is 361 g/mol. The molecule has 3 nitrogen and oxygen atoms in total. The minimum Gasteiger partial charge on any atom is -0.483 e. The van der Waals surface area contributed by atoms with E-state index in [1.807, 2.05) is 25.2 Å². The summed E-state index contributed by atoms with van der Waals surface area (Å²) in [6, 6.07) is 14.4. The average molecular weight is 362 g/mol. The number of halogens is 1. The van der Waals surface area contributed by atoms with Crippen LogP contribution in [0.15, 0.2) is 46.9 Å². The van der Waals surface area contributed by atoms with Crippen LogP contribution >= 0.6 is 15.9 Å². The van der Waals surface area contributed by atoms with Gasteiger partial charge in [-0.25, -0.2) is 0 Å². The quantitative estimate of drug-likeness (QED) is 0.892. The van der Waals surface area contributed by atoms with Crippen molar-refractivity contribution in [2.45, 2.75) is 25.7 Å². The normalized spacial score (nSPS) is 20.5. The molecule has 2 aromatic rings. The Labute approximate surface area is 139 Å². The second-order valence-corrected chi connectivity index (χ2v) is 6.47. The van der Waals surface area contributed by atoms with Gasteiger partial charge in [0, 0.05) is 16.6 Å². The topological polar surface area (TPSA) is 30.5 Å². The van der Waals surface area contributed by atoms with Gasteiger partial charge >= 0.3 is 0 Å². The number of likely N-dealkylation sites (N-methyl/N-ethyl adjacent to an activating group) is 1. The van der Waals surface area contributed by atoms with Crippen LogP contribution in [0.25, 0.3) is 0 Å². The van der Waals surface area contributed by atoms with Crippen LogP contribution in [-0.2, 0) is 11.3 Å². The van der Waals surface area contributed by atoms with E-state index in [9.17, 15) is 0 Å². The van der Waals surface area contributed by atoms with E-state index in [2.05, 4.69) is 52.4 Å². The van der Waals surface area contributed by atoms with E-state index in [-0.39, 0.29) is 12.2 Å². The molecule has 0 radical (unpaired) electrons. The molecule has 0 spiro atoms. The zero-order chi connectivity index (χ0) is 15.5. The van der Waals surface area contributed by atoms with Gasteiger partial charge in [0.2, 0.25) is 0 Å². The lowest BCUT2D eigenvalue weighted by Gasteiger charge is -2.34. The number of hydrogen-bond donors (Lipinski definition) is 1. The molecule has 1 aliphatic heterocycles. The molecule has 3 rings (SSSR count). The molecule has 2 unspecified atom stereocenters. The Balaban J connectivity index is 1.93. The van der Waals surface area contributed by atoms with Crippen LogP contribution in [0.1, 0.15) is 22.8 Å². The maximum atomic E-state index is 6.35. The highest BCUT2D eigenvalue weighted by molar-refractivity contribution is 9.10. The molecule has 0 saturated carbocycles. The largest absolute Gasteiger partial charge is 0.483 e. The summed E-state index contributed by atoms with van der Waals surface area (Å²) in [5.41, 5.74) is 3.53. The second-order valence-electron chi connectivity index (χ2n) is 5.55. The van der Waals surface area contributed by atoms with Crippen molar-refractivity contribution in [1.82, 2.24) is 5.32 Å². The van der Waals surface area contributed by atoms with Crippen LogP contribution < -0.4 is 10.1 Å². The number of rotatable bonds is 4. The van der Waals surface area contributed by atoms with Gasteiger partial charge in [-0.2, -0.15) is 0 Å². The summed E-state index contributed by atoms with van der Waals surface area (Å²) in [5, 5.41) is 3.20. The molecule has 2 atom stereocenters. The third-order valence-electron chi connectivity index (χ3n) is 3.95. The summed E-state index contributed by atoms with van der Waals surface area (Å²) >= 11 is 3.49. The number of fused-ring (bicyclic) bond motifs is 1. The smallest absolute Gasteiger partial charge is 0.151 e. The van der Waals surface area contributed by atoms with Crippen molar-refractivity contribution in [1.29, 1.82) is 0 Å². The molecule has 0 aliphatic carbocycles. The summed E-state index contributed by atoms with van der Waals surface area (Å²) in [4.78, 5) is 0. The number of ether oxygens (including phenoxy) is 2. The molecule has 116 valence electrons. The molecule has 0 saturated heterocycles. The molecular formula is C18H20BrNO2. The third kappa shape index (κ3) is 3.19. The lowest BCUT2D eigenvalue weighted by atomic mass is 9.95. The number of benzene rings is 2. The van der Waals surface area contributed by atoms with Crippen LogP contribution in [0.5, 0.6) is 5.75 Å². The molecule has 0 fully saturated rings. The van der Waals surface area contributed by atoms with Crippen LogP contribution in [-0.4, -0.2) is 19.7 Å². The lowest BCUT2D eigenvalue weighted by Crippen LogP contribution is -2.38. The van der Waals surface area contributed by atoms with Gasteiger partial charge in [0.15, 0.2) is 6.10 Å².